The van der Waals surface area contributed by atoms with Crippen LogP contribution in [-0.2, 0) is 12.8 Å². The van der Waals surface area contributed by atoms with Gasteiger partial charge in [-0.15, -0.1) is 0 Å². The van der Waals surface area contributed by atoms with E-state index in [4.69, 9.17) is 4.11 Å². The Morgan fingerprint density at radius 2 is 2.10 bits per heavy atom. The van der Waals surface area contributed by atoms with Crippen molar-refractivity contribution in [1.29, 1.82) is 0 Å². The molecule has 0 amide bonds. The highest BCUT2D eigenvalue weighted by Gasteiger charge is 2.33. The highest BCUT2D eigenvalue weighted by molar-refractivity contribution is 5.82. The number of phenolic OH excluding ortho intramolecular Hbond substituents is 2. The van der Waals surface area contributed by atoms with E-state index in [1.807, 2.05) is 18.2 Å². The lowest BCUT2D eigenvalue weighted by Gasteiger charge is -2.39. The molecule has 20 heavy (non-hydrogen) atoms. The second-order valence-electron chi connectivity index (χ2n) is 5.51. The topological polar surface area (TPSA) is 43.7 Å². The molecule has 102 valence electrons. The van der Waals surface area contributed by atoms with Gasteiger partial charge in [-0.1, -0.05) is 24.3 Å². The highest BCUT2D eigenvalue weighted by atomic mass is 16.3. The summed E-state index contributed by atoms with van der Waals surface area (Å²) in [6.45, 7) is -1.65. The van der Waals surface area contributed by atoms with Crippen LogP contribution in [0.25, 0.3) is 11.1 Å². The molecule has 1 aliphatic carbocycles. The molecule has 0 spiro atoms. The minimum absolute atomic E-state index is 0.125. The Kier molecular flexibility index (Phi) is 1.80. The second kappa shape index (κ2) is 4.00. The molecule has 3 nitrogen and oxygen atoms in total. The monoisotopic (exact) mass is 270 g/mol. The molecule has 2 aliphatic rings. The first-order valence-corrected chi connectivity index (χ1v) is 6.80. The van der Waals surface area contributed by atoms with Gasteiger partial charge in [-0.05, 0) is 48.1 Å². The largest absolute Gasteiger partial charge is 0.504 e. The first-order chi connectivity index (χ1) is 10.9. The van der Waals surface area contributed by atoms with Gasteiger partial charge < -0.3 is 10.2 Å². The third-order valence-electron chi connectivity index (χ3n) is 4.45. The highest BCUT2D eigenvalue weighted by Crippen LogP contribution is 2.49. The van der Waals surface area contributed by atoms with Crippen molar-refractivity contribution in [3.8, 4) is 22.6 Å². The minimum Gasteiger partial charge on any atom is -0.504 e. The minimum atomic E-state index is -2.15. The zero-order valence-electron chi connectivity index (χ0n) is 13.9. The van der Waals surface area contributed by atoms with Gasteiger partial charge in [0.25, 0.3) is 0 Å². The summed E-state index contributed by atoms with van der Waals surface area (Å²) in [7, 11) is 0. The van der Waals surface area contributed by atoms with Crippen LogP contribution in [0.3, 0.4) is 0 Å². The van der Waals surface area contributed by atoms with E-state index in [0.717, 1.165) is 22.3 Å². The van der Waals surface area contributed by atoms with E-state index in [-0.39, 0.29) is 17.5 Å². The fourth-order valence-electron chi connectivity index (χ4n) is 3.51. The third kappa shape index (κ3) is 1.44. The number of phenols is 2. The van der Waals surface area contributed by atoms with Crippen molar-refractivity contribution in [2.45, 2.75) is 18.9 Å². The maximum absolute atomic E-state index is 10.3. The van der Waals surface area contributed by atoms with Gasteiger partial charge in [-0.3, -0.25) is 4.90 Å². The standard InChI is InChI=1S/C17H17NO2/c1-18-8-7-10-3-2-4-12-15(10)13(18)9-11-5-6-14(19)17(20)16(11)12/h2-6,13,19-20H,7-9H2,1H3/i1D3. The average molecular weight is 270 g/mol. The van der Waals surface area contributed by atoms with E-state index in [0.29, 0.717) is 24.9 Å². The summed E-state index contributed by atoms with van der Waals surface area (Å²) in [5.41, 5.74) is 4.43. The van der Waals surface area contributed by atoms with Crippen molar-refractivity contribution in [1.82, 2.24) is 4.90 Å². The quantitative estimate of drug-likeness (QED) is 0.723. The smallest absolute Gasteiger partial charge is 0.165 e. The Morgan fingerprint density at radius 3 is 2.95 bits per heavy atom. The number of aromatic hydroxyl groups is 2. The normalized spacial score (nSPS) is 23.2. The maximum Gasteiger partial charge on any atom is 0.165 e. The molecule has 1 atom stereocenters. The zero-order valence-corrected chi connectivity index (χ0v) is 10.9. The van der Waals surface area contributed by atoms with Crippen molar-refractivity contribution in [2.24, 2.45) is 0 Å². The molecule has 2 N–H and O–H groups in total. The van der Waals surface area contributed by atoms with Crippen LogP contribution < -0.4 is 0 Å². The Morgan fingerprint density at radius 1 is 1.20 bits per heavy atom. The molecule has 4 rings (SSSR count). The van der Waals surface area contributed by atoms with Gasteiger partial charge >= 0.3 is 0 Å². The van der Waals surface area contributed by atoms with Gasteiger partial charge in [0.1, 0.15) is 0 Å². The number of nitrogens with zero attached hydrogens (tertiary/aromatic N) is 1. The summed E-state index contributed by atoms with van der Waals surface area (Å²) in [4.78, 5) is 1.58. The van der Waals surface area contributed by atoms with Gasteiger partial charge in [0.2, 0.25) is 0 Å². The molecule has 1 heterocycles. The fourth-order valence-corrected chi connectivity index (χ4v) is 3.51. The molecule has 0 saturated carbocycles. The molecular weight excluding hydrogens is 250 g/mol. The summed E-state index contributed by atoms with van der Waals surface area (Å²) in [5.74, 6) is -0.274. The van der Waals surface area contributed by atoms with Crippen molar-refractivity contribution in [3.05, 3.63) is 47.0 Å². The van der Waals surface area contributed by atoms with E-state index >= 15 is 0 Å². The molecule has 0 bridgehead atoms. The number of fused-ring (bicyclic) bond motifs is 2. The van der Waals surface area contributed by atoms with Crippen molar-refractivity contribution >= 4 is 0 Å². The SMILES string of the molecule is [2H]C([2H])([2H])N1CCc2cccc3c2C1Cc1ccc(O)c(O)c1-3. The van der Waals surface area contributed by atoms with Gasteiger partial charge in [0.15, 0.2) is 11.5 Å². The van der Waals surface area contributed by atoms with Crippen molar-refractivity contribution < 1.29 is 14.3 Å². The fraction of sp³-hybridized carbons (Fsp3) is 0.294. The predicted molar refractivity (Wildman–Crippen MR) is 78.0 cm³/mol. The first kappa shape index (κ1) is 9.03. The summed E-state index contributed by atoms with van der Waals surface area (Å²) in [6, 6.07) is 8.85. The van der Waals surface area contributed by atoms with Crippen molar-refractivity contribution in [2.75, 3.05) is 13.5 Å². The van der Waals surface area contributed by atoms with Crippen LogP contribution in [0.4, 0.5) is 0 Å². The molecular formula is C17H17NO2. The van der Waals surface area contributed by atoms with E-state index in [1.54, 1.807) is 11.0 Å². The van der Waals surface area contributed by atoms with Crippen LogP contribution in [0, 0.1) is 0 Å². The first-order valence-electron chi connectivity index (χ1n) is 8.30. The van der Waals surface area contributed by atoms with E-state index < -0.39 is 6.98 Å². The molecule has 0 radical (unpaired) electrons. The zero-order chi connectivity index (χ0) is 16.4. The summed E-state index contributed by atoms with van der Waals surface area (Å²) >= 11 is 0. The van der Waals surface area contributed by atoms with Crippen LogP contribution in [0.15, 0.2) is 30.3 Å². The lowest BCUT2D eigenvalue weighted by atomic mass is 9.77. The summed E-state index contributed by atoms with van der Waals surface area (Å²) < 4.78 is 23.5. The summed E-state index contributed by atoms with van der Waals surface area (Å²) in [6.07, 6.45) is 1.19. The maximum atomic E-state index is 10.3. The van der Waals surface area contributed by atoms with E-state index in [1.165, 1.54) is 6.07 Å². The number of likely N-dealkylation sites (N-methyl/N-ethyl adjacent to an activating group) is 1. The molecule has 2 aromatic rings. The van der Waals surface area contributed by atoms with Crippen LogP contribution in [0.2, 0.25) is 0 Å². The molecule has 0 saturated heterocycles. The molecule has 1 unspecified atom stereocenters. The second-order valence-corrected chi connectivity index (χ2v) is 5.51. The van der Waals surface area contributed by atoms with Gasteiger partial charge in [-0.25, -0.2) is 0 Å². The van der Waals surface area contributed by atoms with Crippen LogP contribution in [0.1, 0.15) is 26.8 Å². The van der Waals surface area contributed by atoms with Crippen LogP contribution in [-0.4, -0.2) is 28.6 Å². The number of hydrogen-bond acceptors (Lipinski definition) is 3. The van der Waals surface area contributed by atoms with Gasteiger partial charge in [-0.2, -0.15) is 0 Å². The third-order valence-corrected chi connectivity index (χ3v) is 4.45. The molecule has 2 aromatic carbocycles. The lowest BCUT2D eigenvalue weighted by Crippen LogP contribution is -2.35. The number of benzene rings is 2. The predicted octanol–water partition coefficient (Wildman–Crippen LogP) is 2.85. The Labute approximate surface area is 122 Å². The van der Waals surface area contributed by atoms with E-state index in [9.17, 15) is 10.2 Å². The average Bonchev–Trinajstić information content (AvgIpc) is 2.50. The van der Waals surface area contributed by atoms with Crippen LogP contribution in [0.5, 0.6) is 11.5 Å². The van der Waals surface area contributed by atoms with Crippen LogP contribution >= 0.6 is 0 Å². The molecule has 0 aromatic heterocycles. The Hall–Kier alpha value is -2.00. The van der Waals surface area contributed by atoms with Gasteiger partial charge in [0.05, 0.1) is 0 Å². The van der Waals surface area contributed by atoms with Crippen molar-refractivity contribution in [3.63, 3.8) is 0 Å². The molecule has 3 heteroatoms. The molecule has 0 fully saturated rings. The summed E-state index contributed by atoms with van der Waals surface area (Å²) in [5, 5.41) is 20.1. The lowest BCUT2D eigenvalue weighted by molar-refractivity contribution is 0.228. The number of rotatable bonds is 0. The van der Waals surface area contributed by atoms with E-state index in [2.05, 4.69) is 0 Å². The van der Waals surface area contributed by atoms with Gasteiger partial charge in [0, 0.05) is 22.3 Å². The Bertz CT molecular complexity index is 801. The Balaban J connectivity index is 1.98. The number of hydrogen-bond donors (Lipinski definition) is 2. The molecule has 1 aliphatic heterocycles.